The van der Waals surface area contributed by atoms with Crippen LogP contribution in [0, 0.1) is 17.3 Å². The second-order valence-corrected chi connectivity index (χ2v) is 9.83. The third-order valence-electron chi connectivity index (χ3n) is 7.92. The lowest BCUT2D eigenvalue weighted by Gasteiger charge is -2.51. The summed E-state index contributed by atoms with van der Waals surface area (Å²) in [5.74, 6) is 1.52. The van der Waals surface area contributed by atoms with Crippen molar-refractivity contribution in [1.82, 2.24) is 0 Å². The number of β-lactam (4-membered cyclic amide) rings is 1. The van der Waals surface area contributed by atoms with Gasteiger partial charge in [-0.05, 0) is 61.4 Å². The summed E-state index contributed by atoms with van der Waals surface area (Å²) in [6.07, 6.45) is 10.6. The molecule has 0 bridgehead atoms. The molecule has 1 amide bonds. The van der Waals surface area contributed by atoms with E-state index >= 15 is 0 Å². The molecule has 2 aliphatic carbocycles. The Hall–Kier alpha value is -2.89. The monoisotopic (exact) mass is 457 g/mol. The normalized spacial score (nSPS) is 30.0. The summed E-state index contributed by atoms with van der Waals surface area (Å²) in [6, 6.07) is 18.6. The number of amides is 1. The van der Waals surface area contributed by atoms with Gasteiger partial charge in [0.25, 0.3) is 0 Å². The SMILES string of the molecule is COc1ccc(N2C(=O)[C@@H](CCCc3ccccc3)[C@H]2[C@@]23C=CC(C4OCCO4)=CC2C3)cc1. The Labute approximate surface area is 201 Å². The van der Waals surface area contributed by atoms with Gasteiger partial charge in [0.2, 0.25) is 5.91 Å². The summed E-state index contributed by atoms with van der Waals surface area (Å²) in [7, 11) is 1.66. The lowest BCUT2D eigenvalue weighted by molar-refractivity contribution is -0.132. The highest BCUT2D eigenvalue weighted by Gasteiger charge is 2.67. The van der Waals surface area contributed by atoms with Crippen LogP contribution in [0.3, 0.4) is 0 Å². The van der Waals surface area contributed by atoms with Crippen molar-refractivity contribution < 1.29 is 19.0 Å². The first-order chi connectivity index (χ1) is 16.7. The molecule has 2 aromatic carbocycles. The van der Waals surface area contributed by atoms with E-state index in [-0.39, 0.29) is 29.6 Å². The van der Waals surface area contributed by atoms with E-state index in [1.54, 1.807) is 7.11 Å². The number of ether oxygens (including phenoxy) is 3. The molecular formula is C29H31NO4. The summed E-state index contributed by atoms with van der Waals surface area (Å²) in [5.41, 5.74) is 3.42. The highest BCUT2D eigenvalue weighted by Crippen LogP contribution is 2.65. The molecule has 1 saturated carbocycles. The first kappa shape index (κ1) is 21.6. The molecule has 4 aliphatic rings. The molecule has 0 radical (unpaired) electrons. The van der Waals surface area contributed by atoms with E-state index in [0.717, 1.165) is 42.7 Å². The van der Waals surface area contributed by atoms with Crippen LogP contribution < -0.4 is 9.64 Å². The average molecular weight is 458 g/mol. The first-order valence-corrected chi connectivity index (χ1v) is 12.3. The van der Waals surface area contributed by atoms with Crippen LogP contribution in [0.5, 0.6) is 5.75 Å². The number of carbonyl (C=O) groups excluding carboxylic acids is 1. The van der Waals surface area contributed by atoms with Crippen molar-refractivity contribution >= 4 is 11.6 Å². The van der Waals surface area contributed by atoms with Crippen LogP contribution in [0.15, 0.2) is 78.4 Å². The number of fused-ring (bicyclic) bond motifs is 1. The molecule has 2 heterocycles. The lowest BCUT2D eigenvalue weighted by Crippen LogP contribution is -2.65. The predicted octanol–water partition coefficient (Wildman–Crippen LogP) is 4.92. The molecule has 5 heteroatoms. The van der Waals surface area contributed by atoms with E-state index in [9.17, 15) is 4.79 Å². The van der Waals surface area contributed by atoms with Gasteiger partial charge in [-0.1, -0.05) is 48.6 Å². The molecule has 4 atom stereocenters. The molecular weight excluding hydrogens is 426 g/mol. The fourth-order valence-corrected chi connectivity index (χ4v) is 6.06. The van der Waals surface area contributed by atoms with Gasteiger partial charge < -0.3 is 19.1 Å². The van der Waals surface area contributed by atoms with Gasteiger partial charge in [0, 0.05) is 16.7 Å². The lowest BCUT2D eigenvalue weighted by atomic mass is 9.71. The number of methoxy groups -OCH3 is 1. The van der Waals surface area contributed by atoms with Crippen LogP contribution in [0.1, 0.15) is 24.8 Å². The van der Waals surface area contributed by atoms with Crippen molar-refractivity contribution in [3.63, 3.8) is 0 Å². The van der Waals surface area contributed by atoms with Crippen LogP contribution in [0.4, 0.5) is 5.69 Å². The first-order valence-electron chi connectivity index (χ1n) is 12.3. The maximum Gasteiger partial charge on any atom is 0.232 e. The Balaban J connectivity index is 1.23. The van der Waals surface area contributed by atoms with Gasteiger partial charge >= 0.3 is 0 Å². The number of aryl methyl sites for hydroxylation is 1. The Morgan fingerprint density at radius 3 is 2.53 bits per heavy atom. The number of hydrogen-bond acceptors (Lipinski definition) is 4. The van der Waals surface area contributed by atoms with E-state index in [0.29, 0.717) is 19.1 Å². The Morgan fingerprint density at radius 1 is 1.06 bits per heavy atom. The summed E-state index contributed by atoms with van der Waals surface area (Å²) < 4.78 is 16.8. The molecule has 0 N–H and O–H groups in total. The van der Waals surface area contributed by atoms with Crippen molar-refractivity contribution in [2.45, 2.75) is 38.0 Å². The third kappa shape index (κ3) is 3.68. The van der Waals surface area contributed by atoms with E-state index in [1.807, 2.05) is 35.2 Å². The zero-order chi connectivity index (χ0) is 23.1. The number of rotatable bonds is 8. The Bertz CT molecular complexity index is 1100. The van der Waals surface area contributed by atoms with Crippen molar-refractivity contribution in [1.29, 1.82) is 0 Å². The topological polar surface area (TPSA) is 48.0 Å². The number of nitrogens with zero attached hydrogens (tertiary/aromatic N) is 1. The van der Waals surface area contributed by atoms with E-state index < -0.39 is 0 Å². The number of hydrogen-bond donors (Lipinski definition) is 0. The Kier molecular flexibility index (Phi) is 5.54. The fraction of sp³-hybridized carbons (Fsp3) is 0.414. The third-order valence-corrected chi connectivity index (χ3v) is 7.92. The molecule has 3 fully saturated rings. The fourth-order valence-electron chi connectivity index (χ4n) is 6.06. The van der Waals surface area contributed by atoms with Gasteiger partial charge in [-0.2, -0.15) is 0 Å². The van der Waals surface area contributed by atoms with Gasteiger partial charge in [0.15, 0.2) is 6.29 Å². The van der Waals surface area contributed by atoms with Crippen LogP contribution in [0.25, 0.3) is 0 Å². The van der Waals surface area contributed by atoms with Crippen molar-refractivity contribution in [2.75, 3.05) is 25.2 Å². The zero-order valence-electron chi connectivity index (χ0n) is 19.6. The minimum absolute atomic E-state index is 0.00730. The average Bonchev–Trinajstić information content (AvgIpc) is 3.33. The zero-order valence-corrected chi connectivity index (χ0v) is 19.6. The van der Waals surface area contributed by atoms with Gasteiger partial charge in [0.05, 0.1) is 32.3 Å². The highest BCUT2D eigenvalue weighted by molar-refractivity contribution is 6.03. The van der Waals surface area contributed by atoms with Crippen LogP contribution in [0.2, 0.25) is 0 Å². The molecule has 176 valence electrons. The largest absolute Gasteiger partial charge is 0.497 e. The van der Waals surface area contributed by atoms with Gasteiger partial charge in [0.1, 0.15) is 5.75 Å². The van der Waals surface area contributed by atoms with Crippen LogP contribution >= 0.6 is 0 Å². The molecule has 2 saturated heterocycles. The summed E-state index contributed by atoms with van der Waals surface area (Å²) in [5, 5.41) is 0. The van der Waals surface area contributed by atoms with Crippen LogP contribution in [-0.2, 0) is 20.7 Å². The highest BCUT2D eigenvalue weighted by atomic mass is 16.7. The molecule has 2 aliphatic heterocycles. The second kappa shape index (κ2) is 8.71. The Morgan fingerprint density at radius 2 is 1.82 bits per heavy atom. The minimum atomic E-state index is -0.239. The standard InChI is InChI=1S/C29H31NO4/c1-32-24-12-10-23(11-13-24)30-26(25(27(30)31)9-5-8-20-6-3-2-4-7-20)29-15-14-21(18-22(29)19-29)28-33-16-17-34-28/h2-4,6-7,10-15,18,22,25-26,28H,5,8-9,16-17,19H2,1H3/t22?,25-,26-,29+/m0/s1. The summed E-state index contributed by atoms with van der Waals surface area (Å²) in [4.78, 5) is 15.5. The molecule has 0 spiro atoms. The molecule has 0 aromatic heterocycles. The van der Waals surface area contributed by atoms with E-state index in [4.69, 9.17) is 14.2 Å². The van der Waals surface area contributed by atoms with Crippen molar-refractivity contribution in [3.05, 3.63) is 84.0 Å². The van der Waals surface area contributed by atoms with Gasteiger partial charge in [-0.3, -0.25) is 4.79 Å². The maximum atomic E-state index is 13.5. The molecule has 5 nitrogen and oxygen atoms in total. The number of anilines is 1. The second-order valence-electron chi connectivity index (χ2n) is 9.83. The van der Waals surface area contributed by atoms with E-state index in [2.05, 4.69) is 42.5 Å². The predicted molar refractivity (Wildman–Crippen MR) is 131 cm³/mol. The number of carbonyl (C=O) groups is 1. The maximum absolute atomic E-state index is 13.5. The molecule has 6 rings (SSSR count). The van der Waals surface area contributed by atoms with Gasteiger partial charge in [-0.15, -0.1) is 0 Å². The molecule has 1 unspecified atom stereocenters. The molecule has 34 heavy (non-hydrogen) atoms. The van der Waals surface area contributed by atoms with Gasteiger partial charge in [-0.25, -0.2) is 0 Å². The number of benzene rings is 2. The molecule has 2 aromatic rings. The quantitative estimate of drug-likeness (QED) is 0.528. The van der Waals surface area contributed by atoms with Crippen molar-refractivity contribution in [2.24, 2.45) is 17.3 Å². The van der Waals surface area contributed by atoms with Crippen LogP contribution in [-0.4, -0.2) is 38.6 Å². The number of allylic oxidation sites excluding steroid dienone is 1. The minimum Gasteiger partial charge on any atom is -0.497 e. The van der Waals surface area contributed by atoms with E-state index in [1.165, 1.54) is 5.56 Å². The smallest absolute Gasteiger partial charge is 0.232 e. The summed E-state index contributed by atoms with van der Waals surface area (Å²) >= 11 is 0. The summed E-state index contributed by atoms with van der Waals surface area (Å²) in [6.45, 7) is 1.30. The van der Waals surface area contributed by atoms with Crippen molar-refractivity contribution in [3.8, 4) is 5.75 Å².